The molecule has 0 aromatic carbocycles. The Morgan fingerprint density at radius 1 is 1.50 bits per heavy atom. The number of aromatic nitrogens is 1. The van der Waals surface area contributed by atoms with Crippen molar-refractivity contribution in [3.05, 3.63) is 29.1 Å². The van der Waals surface area contributed by atoms with E-state index >= 15 is 0 Å². The molecule has 0 saturated carbocycles. The maximum Gasteiger partial charge on any atom is 0.0543 e. The van der Waals surface area contributed by atoms with Gasteiger partial charge < -0.3 is 5.73 Å². The van der Waals surface area contributed by atoms with Crippen LogP contribution in [-0.2, 0) is 17.9 Å². The van der Waals surface area contributed by atoms with Crippen molar-refractivity contribution in [2.45, 2.75) is 17.9 Å². The average molecular weight is 180 g/mol. The van der Waals surface area contributed by atoms with Crippen LogP contribution in [0.1, 0.15) is 16.8 Å². The van der Waals surface area contributed by atoms with Gasteiger partial charge in [-0.3, -0.25) is 4.98 Å². The van der Waals surface area contributed by atoms with E-state index in [1.54, 1.807) is 0 Å². The summed E-state index contributed by atoms with van der Waals surface area (Å²) in [4.78, 5) is 4.40. The van der Waals surface area contributed by atoms with Crippen molar-refractivity contribution in [1.82, 2.24) is 4.98 Å². The zero-order valence-corrected chi connectivity index (χ0v) is 7.73. The molecule has 64 valence electrons. The van der Waals surface area contributed by atoms with Crippen molar-refractivity contribution >= 4 is 11.8 Å². The number of hydrogen-bond acceptors (Lipinski definition) is 3. The molecule has 0 saturated heterocycles. The lowest BCUT2D eigenvalue weighted by atomic mass is 10.1. The van der Waals surface area contributed by atoms with Crippen molar-refractivity contribution < 1.29 is 0 Å². The van der Waals surface area contributed by atoms with E-state index in [0.717, 1.165) is 17.9 Å². The molecule has 0 unspecified atom stereocenters. The number of nitrogens with two attached hydrogens (primary N) is 1. The number of hydrogen-bond donors (Lipinski definition) is 1. The molecule has 0 fully saturated rings. The first-order chi connectivity index (χ1) is 5.90. The smallest absolute Gasteiger partial charge is 0.0543 e. The van der Waals surface area contributed by atoms with Crippen molar-refractivity contribution in [3.63, 3.8) is 0 Å². The quantitative estimate of drug-likeness (QED) is 0.746. The maximum atomic E-state index is 5.47. The van der Waals surface area contributed by atoms with Gasteiger partial charge >= 0.3 is 0 Å². The molecule has 1 aliphatic heterocycles. The molecule has 2 heterocycles. The Kier molecular flexibility index (Phi) is 2.33. The number of thioether (sulfide) groups is 1. The van der Waals surface area contributed by atoms with Crippen LogP contribution >= 0.6 is 11.8 Å². The van der Waals surface area contributed by atoms with Crippen LogP contribution < -0.4 is 5.73 Å². The fraction of sp³-hybridized carbons (Fsp3) is 0.444. The van der Waals surface area contributed by atoms with Gasteiger partial charge in [0.15, 0.2) is 0 Å². The molecule has 2 rings (SSSR count). The monoisotopic (exact) mass is 180 g/mol. The van der Waals surface area contributed by atoms with Gasteiger partial charge in [-0.2, -0.15) is 11.8 Å². The Balaban J connectivity index is 2.26. The van der Waals surface area contributed by atoms with Crippen LogP contribution in [0.15, 0.2) is 12.3 Å². The van der Waals surface area contributed by atoms with Gasteiger partial charge in [-0.05, 0) is 24.1 Å². The van der Waals surface area contributed by atoms with Gasteiger partial charge in [-0.1, -0.05) is 6.07 Å². The second kappa shape index (κ2) is 3.46. The van der Waals surface area contributed by atoms with Crippen LogP contribution in [0.25, 0.3) is 0 Å². The minimum Gasteiger partial charge on any atom is -0.330 e. The Morgan fingerprint density at radius 2 is 2.42 bits per heavy atom. The second-order valence-electron chi connectivity index (χ2n) is 2.98. The van der Waals surface area contributed by atoms with Gasteiger partial charge in [-0.25, -0.2) is 0 Å². The largest absolute Gasteiger partial charge is 0.330 e. The third kappa shape index (κ3) is 1.47. The second-order valence-corrected chi connectivity index (χ2v) is 3.97. The van der Waals surface area contributed by atoms with E-state index in [1.807, 2.05) is 18.0 Å². The molecule has 2 N–H and O–H groups in total. The van der Waals surface area contributed by atoms with Crippen LogP contribution in [0.3, 0.4) is 0 Å². The lowest BCUT2D eigenvalue weighted by Gasteiger charge is -2.00. The summed E-state index contributed by atoms with van der Waals surface area (Å²) >= 11 is 1.94. The van der Waals surface area contributed by atoms with E-state index in [2.05, 4.69) is 11.1 Å². The molecular weight excluding hydrogens is 168 g/mol. The summed E-state index contributed by atoms with van der Waals surface area (Å²) in [6.45, 7) is 0.716. The Hall–Kier alpha value is -0.540. The summed E-state index contributed by atoms with van der Waals surface area (Å²) in [6, 6.07) is 2.25. The van der Waals surface area contributed by atoms with Crippen LogP contribution in [0.4, 0.5) is 0 Å². The number of pyridine rings is 1. The highest BCUT2D eigenvalue weighted by molar-refractivity contribution is 7.98. The van der Waals surface area contributed by atoms with Crippen LogP contribution in [-0.4, -0.2) is 11.5 Å². The molecule has 1 aromatic heterocycles. The first-order valence-corrected chi connectivity index (χ1v) is 5.30. The molecule has 0 aliphatic carbocycles. The van der Waals surface area contributed by atoms with Crippen LogP contribution in [0, 0.1) is 0 Å². The van der Waals surface area contributed by atoms with E-state index in [-0.39, 0.29) is 0 Å². The van der Waals surface area contributed by atoms with E-state index in [0.29, 0.717) is 6.54 Å². The lowest BCUT2D eigenvalue weighted by molar-refractivity contribution is 0.948. The van der Waals surface area contributed by atoms with Crippen molar-refractivity contribution in [2.75, 3.05) is 6.54 Å². The van der Waals surface area contributed by atoms with Crippen molar-refractivity contribution in [1.29, 1.82) is 0 Å². The van der Waals surface area contributed by atoms with Gasteiger partial charge in [0.1, 0.15) is 0 Å². The molecule has 1 aromatic rings. The first-order valence-electron chi connectivity index (χ1n) is 4.14. The molecule has 0 amide bonds. The highest BCUT2D eigenvalue weighted by Crippen LogP contribution is 2.28. The average Bonchev–Trinajstić information content (AvgIpc) is 2.51. The summed E-state index contributed by atoms with van der Waals surface area (Å²) in [6.07, 6.45) is 2.91. The molecule has 0 radical (unpaired) electrons. The predicted octanol–water partition coefficient (Wildman–Crippen LogP) is 1.33. The van der Waals surface area contributed by atoms with Crippen molar-refractivity contribution in [3.8, 4) is 0 Å². The molecule has 3 heteroatoms. The maximum absolute atomic E-state index is 5.47. The number of rotatable bonds is 2. The molecule has 0 atom stereocenters. The van der Waals surface area contributed by atoms with E-state index in [4.69, 9.17) is 5.73 Å². The number of fused-ring (bicyclic) bond motifs is 1. The van der Waals surface area contributed by atoms with Gasteiger partial charge in [0.2, 0.25) is 0 Å². The summed E-state index contributed by atoms with van der Waals surface area (Å²) in [7, 11) is 0. The summed E-state index contributed by atoms with van der Waals surface area (Å²) in [5.41, 5.74) is 9.42. The molecule has 12 heavy (non-hydrogen) atoms. The molecular formula is C9H12N2S. The van der Waals surface area contributed by atoms with Gasteiger partial charge in [0, 0.05) is 17.7 Å². The highest BCUT2D eigenvalue weighted by atomic mass is 32.2. The molecule has 0 spiro atoms. The summed E-state index contributed by atoms with van der Waals surface area (Å²) in [5.74, 6) is 2.21. The molecule has 1 aliphatic rings. The predicted molar refractivity (Wildman–Crippen MR) is 52.0 cm³/mol. The Labute approximate surface area is 76.6 Å². The van der Waals surface area contributed by atoms with Crippen molar-refractivity contribution in [2.24, 2.45) is 5.73 Å². The zero-order chi connectivity index (χ0) is 8.39. The normalized spacial score (nSPS) is 14.8. The third-order valence-electron chi connectivity index (χ3n) is 2.05. The fourth-order valence-electron chi connectivity index (χ4n) is 1.40. The van der Waals surface area contributed by atoms with E-state index in [9.17, 15) is 0 Å². The minimum atomic E-state index is 0.716. The van der Waals surface area contributed by atoms with E-state index < -0.39 is 0 Å². The standard InChI is InChI=1S/C9H12N2S/c10-2-1-7-3-8-5-12-6-9(8)11-4-7/h3-4H,1-2,5-6,10H2. The Morgan fingerprint density at radius 3 is 3.25 bits per heavy atom. The Bertz CT molecular complexity index is 286. The topological polar surface area (TPSA) is 38.9 Å². The highest BCUT2D eigenvalue weighted by Gasteiger charge is 2.11. The van der Waals surface area contributed by atoms with Crippen LogP contribution in [0.2, 0.25) is 0 Å². The first kappa shape index (κ1) is 8.08. The fourth-order valence-corrected chi connectivity index (χ4v) is 2.43. The summed E-state index contributed by atoms with van der Waals surface area (Å²) < 4.78 is 0. The molecule has 0 bridgehead atoms. The molecule has 2 nitrogen and oxygen atoms in total. The zero-order valence-electron chi connectivity index (χ0n) is 6.92. The SMILES string of the molecule is NCCc1cnc2c(c1)CSC2. The summed E-state index contributed by atoms with van der Waals surface area (Å²) in [5, 5.41) is 0. The van der Waals surface area contributed by atoms with Gasteiger partial charge in [0.05, 0.1) is 5.69 Å². The van der Waals surface area contributed by atoms with Crippen LogP contribution in [0.5, 0.6) is 0 Å². The van der Waals surface area contributed by atoms with E-state index in [1.165, 1.54) is 16.8 Å². The number of nitrogens with zero attached hydrogens (tertiary/aromatic N) is 1. The van der Waals surface area contributed by atoms with Gasteiger partial charge in [-0.15, -0.1) is 0 Å². The lowest BCUT2D eigenvalue weighted by Crippen LogP contribution is -2.03. The van der Waals surface area contributed by atoms with Gasteiger partial charge in [0.25, 0.3) is 0 Å². The minimum absolute atomic E-state index is 0.716. The third-order valence-corrected chi connectivity index (χ3v) is 3.04.